The summed E-state index contributed by atoms with van der Waals surface area (Å²) in [5.74, 6) is 1.33. The van der Waals surface area contributed by atoms with E-state index >= 15 is 0 Å². The molecule has 2 aromatic rings. The Hall–Kier alpha value is -1.88. The van der Waals surface area contributed by atoms with Crippen molar-refractivity contribution in [1.29, 1.82) is 0 Å². The molecule has 4 nitrogen and oxygen atoms in total. The Bertz CT molecular complexity index is 646. The van der Waals surface area contributed by atoms with Crippen LogP contribution < -0.4 is 10.6 Å². The normalized spacial score (nSPS) is 11.8. The third kappa shape index (κ3) is 5.36. The van der Waals surface area contributed by atoms with E-state index in [4.69, 9.17) is 0 Å². The van der Waals surface area contributed by atoms with Gasteiger partial charge < -0.3 is 10.6 Å². The fourth-order valence-electron chi connectivity index (χ4n) is 2.22. The van der Waals surface area contributed by atoms with Crippen LogP contribution in [0.25, 0.3) is 0 Å². The Labute approximate surface area is 143 Å². The molecule has 0 saturated heterocycles. The zero-order valence-electron chi connectivity index (χ0n) is 14.4. The summed E-state index contributed by atoms with van der Waals surface area (Å²) < 4.78 is 0. The molecule has 0 fully saturated rings. The number of hydrogen-bond acceptors (Lipinski definition) is 3. The fourth-order valence-corrected chi connectivity index (χ4v) is 3.09. The summed E-state index contributed by atoms with van der Waals surface area (Å²) in [7, 11) is 1.80. The van der Waals surface area contributed by atoms with Crippen LogP contribution in [-0.4, -0.2) is 24.5 Å². The molecule has 2 N–H and O–H groups in total. The van der Waals surface area contributed by atoms with Crippen LogP contribution >= 0.6 is 11.3 Å². The molecule has 0 aliphatic rings. The zero-order valence-corrected chi connectivity index (χ0v) is 15.2. The van der Waals surface area contributed by atoms with Gasteiger partial charge in [0.1, 0.15) is 0 Å². The summed E-state index contributed by atoms with van der Waals surface area (Å²) in [6, 6.07) is 8.39. The van der Waals surface area contributed by atoms with Gasteiger partial charge in [-0.25, -0.2) is 4.98 Å². The second-order valence-electron chi connectivity index (χ2n) is 5.86. The van der Waals surface area contributed by atoms with Crippen LogP contribution in [0.3, 0.4) is 0 Å². The largest absolute Gasteiger partial charge is 0.356 e. The number of guanidine groups is 1. The first-order chi connectivity index (χ1) is 11.1. The third-order valence-corrected chi connectivity index (χ3v) is 4.86. The molecule has 0 amide bonds. The monoisotopic (exact) mass is 330 g/mol. The van der Waals surface area contributed by atoms with Gasteiger partial charge >= 0.3 is 0 Å². The first-order valence-corrected chi connectivity index (χ1v) is 8.91. The molecule has 0 atom stereocenters. The van der Waals surface area contributed by atoms with Crippen molar-refractivity contribution in [1.82, 2.24) is 15.6 Å². The number of nitrogens with zero attached hydrogens (tertiary/aromatic N) is 2. The highest BCUT2D eigenvalue weighted by atomic mass is 32.1. The smallest absolute Gasteiger partial charge is 0.191 e. The molecular formula is C18H26N4S. The predicted molar refractivity (Wildman–Crippen MR) is 99.3 cm³/mol. The highest BCUT2D eigenvalue weighted by Crippen LogP contribution is 2.19. The molecule has 0 spiro atoms. The number of thiazole rings is 1. The summed E-state index contributed by atoms with van der Waals surface area (Å²) >= 11 is 1.75. The van der Waals surface area contributed by atoms with E-state index < -0.39 is 0 Å². The van der Waals surface area contributed by atoms with Crippen LogP contribution in [0.2, 0.25) is 0 Å². The molecule has 5 heteroatoms. The first-order valence-electron chi connectivity index (χ1n) is 8.03. The maximum atomic E-state index is 4.66. The molecular weight excluding hydrogens is 304 g/mol. The van der Waals surface area contributed by atoms with Gasteiger partial charge in [0.05, 0.1) is 10.7 Å². The lowest BCUT2D eigenvalue weighted by Gasteiger charge is -2.12. The van der Waals surface area contributed by atoms with Crippen LogP contribution in [0.15, 0.2) is 34.6 Å². The molecule has 0 bridgehead atoms. The average Bonchev–Trinajstić information content (AvgIpc) is 3.01. The van der Waals surface area contributed by atoms with Crippen molar-refractivity contribution < 1.29 is 0 Å². The minimum atomic E-state index is 0.505. The van der Waals surface area contributed by atoms with Crippen molar-refractivity contribution in [3.63, 3.8) is 0 Å². The number of aryl methyl sites for hydroxylation is 1. The van der Waals surface area contributed by atoms with E-state index in [9.17, 15) is 0 Å². The van der Waals surface area contributed by atoms with Crippen LogP contribution in [-0.2, 0) is 13.0 Å². The van der Waals surface area contributed by atoms with Gasteiger partial charge in [-0.3, -0.25) is 4.99 Å². The summed E-state index contributed by atoms with van der Waals surface area (Å²) in [6.07, 6.45) is 0.911. The molecule has 124 valence electrons. The molecule has 0 saturated carbocycles. The van der Waals surface area contributed by atoms with Gasteiger partial charge in [0.15, 0.2) is 5.96 Å². The molecule has 0 aliphatic heterocycles. The van der Waals surface area contributed by atoms with Crippen molar-refractivity contribution in [2.24, 2.45) is 4.99 Å². The van der Waals surface area contributed by atoms with Crippen molar-refractivity contribution in [2.45, 2.75) is 39.7 Å². The number of nitrogens with one attached hydrogen (secondary N) is 2. The maximum absolute atomic E-state index is 4.66. The van der Waals surface area contributed by atoms with Gasteiger partial charge in [0.2, 0.25) is 0 Å². The summed E-state index contributed by atoms with van der Waals surface area (Å²) in [6.45, 7) is 8.09. The van der Waals surface area contributed by atoms with Crippen LogP contribution in [0.1, 0.15) is 41.6 Å². The minimum absolute atomic E-state index is 0.505. The number of rotatable bonds is 6. The molecule has 1 aromatic heterocycles. The lowest BCUT2D eigenvalue weighted by Crippen LogP contribution is -2.38. The fraction of sp³-hybridized carbons (Fsp3) is 0.444. The van der Waals surface area contributed by atoms with E-state index in [0.29, 0.717) is 5.92 Å². The summed E-state index contributed by atoms with van der Waals surface area (Å²) in [5, 5.41) is 10.1. The van der Waals surface area contributed by atoms with Gasteiger partial charge in [-0.1, -0.05) is 38.1 Å². The highest BCUT2D eigenvalue weighted by Gasteiger charge is 2.06. The SMILES string of the molecule is CN=C(NCCc1csc(C(C)C)n1)NCc1ccccc1C. The Morgan fingerprint density at radius 3 is 2.70 bits per heavy atom. The lowest BCUT2D eigenvalue weighted by atomic mass is 10.1. The minimum Gasteiger partial charge on any atom is -0.356 e. The van der Waals surface area contributed by atoms with E-state index in [2.05, 4.69) is 71.0 Å². The first kappa shape index (κ1) is 17.5. The molecule has 0 unspecified atom stereocenters. The number of hydrogen-bond donors (Lipinski definition) is 2. The Balaban J connectivity index is 1.78. The molecule has 0 radical (unpaired) electrons. The molecule has 2 rings (SSSR count). The van der Waals surface area contributed by atoms with Crippen molar-refractivity contribution in [3.05, 3.63) is 51.5 Å². The van der Waals surface area contributed by atoms with Gasteiger partial charge in [0, 0.05) is 37.9 Å². The molecule has 1 heterocycles. The topological polar surface area (TPSA) is 49.3 Å². The lowest BCUT2D eigenvalue weighted by molar-refractivity contribution is 0.776. The highest BCUT2D eigenvalue weighted by molar-refractivity contribution is 7.09. The van der Waals surface area contributed by atoms with Crippen molar-refractivity contribution >= 4 is 17.3 Å². The van der Waals surface area contributed by atoms with Crippen molar-refractivity contribution in [3.8, 4) is 0 Å². The summed E-state index contributed by atoms with van der Waals surface area (Å²) in [4.78, 5) is 8.93. The third-order valence-electron chi connectivity index (χ3n) is 3.67. The maximum Gasteiger partial charge on any atom is 0.191 e. The van der Waals surface area contributed by atoms with Crippen LogP contribution in [0.5, 0.6) is 0 Å². The number of aromatic nitrogens is 1. The van der Waals surface area contributed by atoms with E-state index in [1.165, 1.54) is 16.1 Å². The zero-order chi connectivity index (χ0) is 16.7. The van der Waals surface area contributed by atoms with Gasteiger partial charge in [-0.05, 0) is 18.1 Å². The number of aliphatic imine (C=N–C) groups is 1. The average molecular weight is 331 g/mol. The summed E-state index contributed by atoms with van der Waals surface area (Å²) in [5.41, 5.74) is 3.73. The standard InChI is InChI=1S/C18H26N4S/c1-13(2)17-22-16(12-23-17)9-10-20-18(19-4)21-11-15-8-6-5-7-14(15)3/h5-8,12-13H,9-11H2,1-4H3,(H2,19,20,21). The van der Waals surface area contributed by atoms with Gasteiger partial charge in [-0.15, -0.1) is 11.3 Å². The number of benzene rings is 1. The van der Waals surface area contributed by atoms with Crippen LogP contribution in [0, 0.1) is 6.92 Å². The molecule has 1 aromatic carbocycles. The Morgan fingerprint density at radius 1 is 1.26 bits per heavy atom. The second-order valence-corrected chi connectivity index (χ2v) is 6.75. The second kappa shape index (κ2) is 8.67. The van der Waals surface area contributed by atoms with E-state index in [1.54, 1.807) is 18.4 Å². The van der Waals surface area contributed by atoms with E-state index in [1.807, 2.05) is 0 Å². The van der Waals surface area contributed by atoms with Crippen molar-refractivity contribution in [2.75, 3.05) is 13.6 Å². The molecule has 0 aliphatic carbocycles. The Kier molecular flexibility index (Phi) is 6.59. The van der Waals surface area contributed by atoms with Gasteiger partial charge in [0.25, 0.3) is 0 Å². The van der Waals surface area contributed by atoms with Gasteiger partial charge in [-0.2, -0.15) is 0 Å². The Morgan fingerprint density at radius 2 is 2.04 bits per heavy atom. The molecule has 23 heavy (non-hydrogen) atoms. The predicted octanol–water partition coefficient (Wildman–Crippen LogP) is 3.48. The van der Waals surface area contributed by atoms with E-state index in [0.717, 1.165) is 31.2 Å². The van der Waals surface area contributed by atoms with E-state index in [-0.39, 0.29) is 0 Å². The van der Waals surface area contributed by atoms with Crippen LogP contribution in [0.4, 0.5) is 0 Å². The quantitative estimate of drug-likeness (QED) is 0.630.